The summed E-state index contributed by atoms with van der Waals surface area (Å²) in [6, 6.07) is 16.8. The van der Waals surface area contributed by atoms with Crippen LogP contribution in [0.1, 0.15) is 11.3 Å². The Morgan fingerprint density at radius 1 is 1.04 bits per heavy atom. The number of rotatable bonds is 4. The molecule has 0 unspecified atom stereocenters. The van der Waals surface area contributed by atoms with Gasteiger partial charge < -0.3 is 4.57 Å². The molecule has 2 heterocycles. The molecule has 4 rings (SSSR count). The second-order valence-electron chi connectivity index (χ2n) is 6.82. The zero-order valence-corrected chi connectivity index (χ0v) is 16.9. The fourth-order valence-electron chi connectivity index (χ4n) is 3.61. The Balaban J connectivity index is 1.81. The van der Waals surface area contributed by atoms with Gasteiger partial charge in [-0.3, -0.25) is 4.90 Å². The molecule has 1 saturated heterocycles. The normalized spacial score (nSPS) is 15.2. The maximum absolute atomic E-state index is 13.5. The number of thioether (sulfide) groups is 1. The molecule has 0 bridgehead atoms. The maximum Gasteiger partial charge on any atom is 0.123 e. The zero-order valence-electron chi connectivity index (χ0n) is 15.3. The third kappa shape index (κ3) is 3.93. The van der Waals surface area contributed by atoms with Crippen LogP contribution in [0.15, 0.2) is 54.6 Å². The second-order valence-corrected chi connectivity index (χ2v) is 8.45. The van der Waals surface area contributed by atoms with E-state index in [4.69, 9.17) is 11.6 Å². The smallest absolute Gasteiger partial charge is 0.123 e. The highest BCUT2D eigenvalue weighted by molar-refractivity contribution is 7.99. The SMILES string of the molecule is Cc1c(CN2CCSCC2)cc(-c2ccccc2Cl)n1-c1ccc(F)cc1. The van der Waals surface area contributed by atoms with Crippen molar-refractivity contribution in [3.05, 3.63) is 76.7 Å². The van der Waals surface area contributed by atoms with Crippen LogP contribution in [-0.2, 0) is 6.54 Å². The predicted molar refractivity (Wildman–Crippen MR) is 114 cm³/mol. The minimum absolute atomic E-state index is 0.228. The number of halogens is 2. The number of nitrogens with zero attached hydrogens (tertiary/aromatic N) is 2. The lowest BCUT2D eigenvalue weighted by Gasteiger charge is -2.26. The standard InChI is InChI=1S/C22H22ClFN2S/c1-16-17(15-25-10-12-27-13-11-25)14-22(20-4-2-3-5-21(20)23)26(16)19-8-6-18(24)7-9-19/h2-9,14H,10-13,15H2,1H3. The van der Waals surface area contributed by atoms with Crippen molar-refractivity contribution in [2.24, 2.45) is 0 Å². The van der Waals surface area contributed by atoms with E-state index < -0.39 is 0 Å². The number of benzene rings is 2. The molecule has 3 aromatic rings. The lowest BCUT2D eigenvalue weighted by atomic mass is 10.1. The lowest BCUT2D eigenvalue weighted by molar-refractivity contribution is 0.294. The Morgan fingerprint density at radius 2 is 1.74 bits per heavy atom. The molecule has 0 radical (unpaired) electrons. The first-order valence-corrected chi connectivity index (χ1v) is 10.7. The summed E-state index contributed by atoms with van der Waals surface area (Å²) in [5.41, 5.74) is 5.46. The van der Waals surface area contributed by atoms with Crippen LogP contribution in [0.25, 0.3) is 16.9 Å². The average molecular weight is 401 g/mol. The van der Waals surface area contributed by atoms with Crippen molar-refractivity contribution in [3.63, 3.8) is 0 Å². The van der Waals surface area contributed by atoms with Gasteiger partial charge in [-0.15, -0.1) is 0 Å². The summed E-state index contributed by atoms with van der Waals surface area (Å²) < 4.78 is 15.7. The molecule has 0 atom stereocenters. The molecule has 1 aromatic heterocycles. The van der Waals surface area contributed by atoms with E-state index >= 15 is 0 Å². The highest BCUT2D eigenvalue weighted by Gasteiger charge is 2.19. The predicted octanol–water partition coefficient (Wildman–Crippen LogP) is 5.79. The summed E-state index contributed by atoms with van der Waals surface area (Å²) in [5, 5.41) is 0.722. The van der Waals surface area contributed by atoms with E-state index in [1.54, 1.807) is 0 Å². The fraction of sp³-hybridized carbons (Fsp3) is 0.273. The van der Waals surface area contributed by atoms with Gasteiger partial charge in [-0.2, -0.15) is 11.8 Å². The first kappa shape index (κ1) is 18.6. The number of hydrogen-bond acceptors (Lipinski definition) is 2. The molecule has 1 aliphatic heterocycles. The summed E-state index contributed by atoms with van der Waals surface area (Å²) in [7, 11) is 0. The van der Waals surface area contributed by atoms with Crippen LogP contribution in [0.5, 0.6) is 0 Å². The maximum atomic E-state index is 13.5. The van der Waals surface area contributed by atoms with Crippen molar-refractivity contribution in [1.82, 2.24) is 9.47 Å². The van der Waals surface area contributed by atoms with Gasteiger partial charge in [-0.05, 0) is 48.9 Å². The van der Waals surface area contributed by atoms with Crippen molar-refractivity contribution in [2.45, 2.75) is 13.5 Å². The molecule has 5 heteroatoms. The van der Waals surface area contributed by atoms with Crippen molar-refractivity contribution in [2.75, 3.05) is 24.6 Å². The summed E-state index contributed by atoms with van der Waals surface area (Å²) >= 11 is 8.53. The quantitative estimate of drug-likeness (QED) is 0.547. The summed E-state index contributed by atoms with van der Waals surface area (Å²) in [6.45, 7) is 5.30. The van der Waals surface area contributed by atoms with Gasteiger partial charge >= 0.3 is 0 Å². The van der Waals surface area contributed by atoms with Crippen LogP contribution >= 0.6 is 23.4 Å². The first-order valence-electron chi connectivity index (χ1n) is 9.15. The fourth-order valence-corrected chi connectivity index (χ4v) is 4.82. The molecule has 140 valence electrons. The van der Waals surface area contributed by atoms with Gasteiger partial charge in [0, 0.05) is 53.1 Å². The molecule has 0 amide bonds. The molecule has 0 N–H and O–H groups in total. The van der Waals surface area contributed by atoms with Crippen LogP contribution in [0.2, 0.25) is 5.02 Å². The van der Waals surface area contributed by atoms with Gasteiger partial charge in [-0.25, -0.2) is 4.39 Å². The Hall–Kier alpha value is -1.75. The average Bonchev–Trinajstić information content (AvgIpc) is 3.00. The lowest BCUT2D eigenvalue weighted by Crippen LogP contribution is -2.32. The van der Waals surface area contributed by atoms with E-state index in [2.05, 4.69) is 22.5 Å². The summed E-state index contributed by atoms with van der Waals surface area (Å²) in [5.74, 6) is 2.15. The third-order valence-corrected chi connectivity index (χ3v) is 6.36. The topological polar surface area (TPSA) is 8.17 Å². The molecule has 0 aliphatic carbocycles. The molecule has 2 aromatic carbocycles. The zero-order chi connectivity index (χ0) is 18.8. The summed E-state index contributed by atoms with van der Waals surface area (Å²) in [4.78, 5) is 2.50. The van der Waals surface area contributed by atoms with Crippen LogP contribution in [0, 0.1) is 12.7 Å². The molecule has 2 nitrogen and oxygen atoms in total. The van der Waals surface area contributed by atoms with Crippen LogP contribution in [0.3, 0.4) is 0 Å². The molecule has 0 saturated carbocycles. The largest absolute Gasteiger partial charge is 0.314 e. The molecule has 1 fully saturated rings. The monoisotopic (exact) mass is 400 g/mol. The van der Waals surface area contributed by atoms with E-state index in [1.807, 2.05) is 48.2 Å². The number of aromatic nitrogens is 1. The molecular weight excluding hydrogens is 379 g/mol. The van der Waals surface area contributed by atoms with E-state index in [9.17, 15) is 4.39 Å². The molecule has 27 heavy (non-hydrogen) atoms. The van der Waals surface area contributed by atoms with Gasteiger partial charge in [0.15, 0.2) is 0 Å². The van der Waals surface area contributed by atoms with Gasteiger partial charge in [-0.1, -0.05) is 29.8 Å². The summed E-state index contributed by atoms with van der Waals surface area (Å²) in [6.07, 6.45) is 0. The second kappa shape index (κ2) is 8.09. The number of hydrogen-bond donors (Lipinski definition) is 0. The molecule has 1 aliphatic rings. The van der Waals surface area contributed by atoms with Gasteiger partial charge in [0.1, 0.15) is 5.82 Å². The van der Waals surface area contributed by atoms with Crippen molar-refractivity contribution < 1.29 is 4.39 Å². The van der Waals surface area contributed by atoms with Crippen molar-refractivity contribution in [1.29, 1.82) is 0 Å². The molecule has 0 spiro atoms. The highest BCUT2D eigenvalue weighted by atomic mass is 35.5. The Labute approximate surface area is 169 Å². The first-order chi connectivity index (χ1) is 13.1. The minimum atomic E-state index is -0.228. The Bertz CT molecular complexity index is 930. The Kier molecular flexibility index (Phi) is 5.58. The Morgan fingerprint density at radius 3 is 2.44 bits per heavy atom. The van der Waals surface area contributed by atoms with Gasteiger partial charge in [0.05, 0.1) is 5.69 Å². The highest BCUT2D eigenvalue weighted by Crippen LogP contribution is 2.34. The van der Waals surface area contributed by atoms with Crippen LogP contribution in [0.4, 0.5) is 4.39 Å². The molecular formula is C22H22ClFN2S. The van der Waals surface area contributed by atoms with E-state index in [0.29, 0.717) is 0 Å². The van der Waals surface area contributed by atoms with Gasteiger partial charge in [0.25, 0.3) is 0 Å². The van der Waals surface area contributed by atoms with E-state index in [-0.39, 0.29) is 5.82 Å². The minimum Gasteiger partial charge on any atom is -0.314 e. The van der Waals surface area contributed by atoms with E-state index in [1.165, 1.54) is 34.9 Å². The van der Waals surface area contributed by atoms with E-state index in [0.717, 1.165) is 41.6 Å². The van der Waals surface area contributed by atoms with Gasteiger partial charge in [0.2, 0.25) is 0 Å². The van der Waals surface area contributed by atoms with Crippen LogP contribution < -0.4 is 0 Å². The van der Waals surface area contributed by atoms with Crippen molar-refractivity contribution in [3.8, 4) is 16.9 Å². The van der Waals surface area contributed by atoms with Crippen molar-refractivity contribution >= 4 is 23.4 Å². The van der Waals surface area contributed by atoms with Crippen LogP contribution in [-0.4, -0.2) is 34.1 Å². The third-order valence-electron chi connectivity index (χ3n) is 5.08.